The van der Waals surface area contributed by atoms with E-state index in [1.54, 1.807) is 0 Å². The van der Waals surface area contributed by atoms with Crippen LogP contribution in [0.15, 0.2) is 10.5 Å². The van der Waals surface area contributed by atoms with Crippen LogP contribution in [0.25, 0.3) is 0 Å². The minimum absolute atomic E-state index is 0.182. The Labute approximate surface area is 102 Å². The number of benzene rings is 1. The Bertz CT molecular complexity index is 374. The molecule has 0 aliphatic carbocycles. The lowest BCUT2D eigenvalue weighted by atomic mass is 10.1. The average Bonchev–Trinajstić information content (AvgIpc) is 2.30. The van der Waals surface area contributed by atoms with Crippen molar-refractivity contribution >= 4 is 15.9 Å². The van der Waals surface area contributed by atoms with Crippen molar-refractivity contribution in [3.63, 3.8) is 0 Å². The van der Waals surface area contributed by atoms with E-state index in [0.717, 1.165) is 0 Å². The molecule has 0 aromatic heterocycles. The molecule has 90 valence electrons. The standard InChI is InChI=1S/C10H13BrFNO3/c1-14-8-4-7(11)9(12)6(5-13-16-3)10(8)15-2/h4,13H,5H2,1-3H3. The summed E-state index contributed by atoms with van der Waals surface area (Å²) in [5.74, 6) is 0.415. The fourth-order valence-corrected chi connectivity index (χ4v) is 1.76. The van der Waals surface area contributed by atoms with E-state index in [2.05, 4.69) is 26.2 Å². The van der Waals surface area contributed by atoms with Crippen LogP contribution in [0, 0.1) is 5.82 Å². The summed E-state index contributed by atoms with van der Waals surface area (Å²) >= 11 is 3.11. The van der Waals surface area contributed by atoms with Gasteiger partial charge >= 0.3 is 0 Å². The van der Waals surface area contributed by atoms with Gasteiger partial charge in [0.2, 0.25) is 0 Å². The van der Waals surface area contributed by atoms with Gasteiger partial charge in [-0.2, -0.15) is 5.48 Å². The van der Waals surface area contributed by atoms with E-state index < -0.39 is 5.82 Å². The molecule has 0 bridgehead atoms. The molecular formula is C10H13BrFNO3. The topological polar surface area (TPSA) is 39.7 Å². The molecule has 0 heterocycles. The zero-order chi connectivity index (χ0) is 12.1. The first-order chi connectivity index (χ1) is 7.65. The van der Waals surface area contributed by atoms with Crippen molar-refractivity contribution in [1.82, 2.24) is 5.48 Å². The molecule has 0 spiro atoms. The second kappa shape index (κ2) is 6.03. The Balaban J connectivity index is 3.23. The summed E-state index contributed by atoms with van der Waals surface area (Å²) in [6, 6.07) is 1.52. The van der Waals surface area contributed by atoms with Crippen LogP contribution in [0.3, 0.4) is 0 Å². The number of halogens is 2. The lowest BCUT2D eigenvalue weighted by Crippen LogP contribution is -2.13. The number of nitrogens with one attached hydrogen (secondary N) is 1. The third-order valence-electron chi connectivity index (χ3n) is 2.05. The number of hydroxylamine groups is 1. The Morgan fingerprint density at radius 1 is 1.31 bits per heavy atom. The maximum Gasteiger partial charge on any atom is 0.168 e. The highest BCUT2D eigenvalue weighted by Crippen LogP contribution is 2.37. The smallest absolute Gasteiger partial charge is 0.168 e. The monoisotopic (exact) mass is 293 g/mol. The van der Waals surface area contributed by atoms with Gasteiger partial charge in [0.25, 0.3) is 0 Å². The molecule has 0 amide bonds. The van der Waals surface area contributed by atoms with Crippen LogP contribution in [-0.4, -0.2) is 21.3 Å². The van der Waals surface area contributed by atoms with Crippen molar-refractivity contribution in [2.24, 2.45) is 0 Å². The highest BCUT2D eigenvalue weighted by atomic mass is 79.9. The molecule has 0 aliphatic heterocycles. The Kier molecular flexibility index (Phi) is 4.98. The Morgan fingerprint density at radius 3 is 2.50 bits per heavy atom. The van der Waals surface area contributed by atoms with Gasteiger partial charge in [-0.25, -0.2) is 4.39 Å². The number of rotatable bonds is 5. The van der Waals surface area contributed by atoms with E-state index in [0.29, 0.717) is 21.5 Å². The van der Waals surface area contributed by atoms with Gasteiger partial charge in [-0.15, -0.1) is 0 Å². The van der Waals surface area contributed by atoms with Gasteiger partial charge in [0, 0.05) is 6.07 Å². The summed E-state index contributed by atoms with van der Waals surface area (Å²) in [7, 11) is 4.41. The SMILES string of the molecule is CONCc1c(F)c(Br)cc(OC)c1OC. The van der Waals surface area contributed by atoms with Gasteiger partial charge in [0.15, 0.2) is 11.5 Å². The van der Waals surface area contributed by atoms with Gasteiger partial charge in [0.1, 0.15) is 5.82 Å². The van der Waals surface area contributed by atoms with Crippen LogP contribution >= 0.6 is 15.9 Å². The number of methoxy groups -OCH3 is 2. The fourth-order valence-electron chi connectivity index (χ4n) is 1.31. The molecule has 6 heteroatoms. The zero-order valence-electron chi connectivity index (χ0n) is 9.27. The molecule has 4 nitrogen and oxygen atoms in total. The molecule has 0 saturated heterocycles. The molecule has 1 N–H and O–H groups in total. The molecule has 0 fully saturated rings. The van der Waals surface area contributed by atoms with Crippen molar-refractivity contribution < 1.29 is 18.7 Å². The molecule has 0 radical (unpaired) electrons. The molecule has 0 unspecified atom stereocenters. The van der Waals surface area contributed by atoms with Crippen LogP contribution in [0.1, 0.15) is 5.56 Å². The quantitative estimate of drug-likeness (QED) is 0.846. The zero-order valence-corrected chi connectivity index (χ0v) is 10.9. The van der Waals surface area contributed by atoms with Crippen molar-refractivity contribution in [1.29, 1.82) is 0 Å². The first-order valence-corrected chi connectivity index (χ1v) is 5.29. The highest BCUT2D eigenvalue weighted by Gasteiger charge is 2.18. The van der Waals surface area contributed by atoms with E-state index in [4.69, 9.17) is 9.47 Å². The molecule has 0 atom stereocenters. The molecule has 16 heavy (non-hydrogen) atoms. The third kappa shape index (κ3) is 2.63. The minimum atomic E-state index is -0.401. The number of hydrogen-bond acceptors (Lipinski definition) is 4. The van der Waals surface area contributed by atoms with Crippen molar-refractivity contribution in [2.45, 2.75) is 6.54 Å². The van der Waals surface area contributed by atoms with Crippen LogP contribution in [-0.2, 0) is 11.4 Å². The Morgan fingerprint density at radius 2 is 2.00 bits per heavy atom. The van der Waals surface area contributed by atoms with Gasteiger partial charge in [-0.3, -0.25) is 0 Å². The van der Waals surface area contributed by atoms with Gasteiger partial charge in [0.05, 0.1) is 37.9 Å². The summed E-state index contributed by atoms with van der Waals surface area (Å²) in [6.07, 6.45) is 0. The van der Waals surface area contributed by atoms with Crippen molar-refractivity contribution in [3.05, 3.63) is 21.9 Å². The third-order valence-corrected chi connectivity index (χ3v) is 2.62. The molecule has 1 aromatic rings. The maximum absolute atomic E-state index is 13.8. The number of ether oxygens (including phenoxy) is 2. The van der Waals surface area contributed by atoms with Gasteiger partial charge in [-0.05, 0) is 15.9 Å². The maximum atomic E-state index is 13.8. The van der Waals surface area contributed by atoms with Crippen LogP contribution in [0.5, 0.6) is 11.5 Å². The molecular weight excluding hydrogens is 281 g/mol. The second-order valence-electron chi connectivity index (χ2n) is 2.91. The molecule has 0 aliphatic rings. The molecule has 0 saturated carbocycles. The largest absolute Gasteiger partial charge is 0.493 e. The van der Waals surface area contributed by atoms with Crippen molar-refractivity contribution in [2.75, 3.05) is 21.3 Å². The Hall–Kier alpha value is -0.850. The van der Waals surface area contributed by atoms with E-state index in [9.17, 15) is 4.39 Å². The average molecular weight is 294 g/mol. The first kappa shape index (κ1) is 13.2. The minimum Gasteiger partial charge on any atom is -0.493 e. The summed E-state index contributed by atoms with van der Waals surface area (Å²) in [5, 5.41) is 0. The number of hydrogen-bond donors (Lipinski definition) is 1. The highest BCUT2D eigenvalue weighted by molar-refractivity contribution is 9.10. The van der Waals surface area contributed by atoms with E-state index in [-0.39, 0.29) is 6.54 Å². The molecule has 1 aromatic carbocycles. The van der Waals surface area contributed by atoms with Gasteiger partial charge < -0.3 is 14.3 Å². The van der Waals surface area contributed by atoms with Crippen molar-refractivity contribution in [3.8, 4) is 11.5 Å². The fraction of sp³-hybridized carbons (Fsp3) is 0.400. The predicted molar refractivity (Wildman–Crippen MR) is 61.1 cm³/mol. The van der Waals surface area contributed by atoms with E-state index in [1.807, 2.05) is 0 Å². The van der Waals surface area contributed by atoms with E-state index in [1.165, 1.54) is 27.4 Å². The lowest BCUT2D eigenvalue weighted by Gasteiger charge is -2.14. The predicted octanol–water partition coefficient (Wildman–Crippen LogP) is 2.26. The molecule has 1 rings (SSSR count). The van der Waals surface area contributed by atoms with Crippen LogP contribution < -0.4 is 15.0 Å². The first-order valence-electron chi connectivity index (χ1n) is 4.50. The summed E-state index contributed by atoms with van der Waals surface area (Å²) in [6.45, 7) is 0.182. The summed E-state index contributed by atoms with van der Waals surface area (Å²) in [5.41, 5.74) is 2.91. The van der Waals surface area contributed by atoms with Gasteiger partial charge in [-0.1, -0.05) is 0 Å². The normalized spacial score (nSPS) is 10.3. The summed E-state index contributed by atoms with van der Waals surface area (Å²) < 4.78 is 24.3. The van der Waals surface area contributed by atoms with E-state index >= 15 is 0 Å². The van der Waals surface area contributed by atoms with Crippen LogP contribution in [0.2, 0.25) is 0 Å². The lowest BCUT2D eigenvalue weighted by molar-refractivity contribution is 0.0851. The van der Waals surface area contributed by atoms with Crippen LogP contribution in [0.4, 0.5) is 4.39 Å². The second-order valence-corrected chi connectivity index (χ2v) is 3.77. The summed E-state index contributed by atoms with van der Waals surface area (Å²) in [4.78, 5) is 4.69.